The summed E-state index contributed by atoms with van der Waals surface area (Å²) in [5.41, 5.74) is 0.860. The van der Waals surface area contributed by atoms with E-state index in [4.69, 9.17) is 0 Å². The maximum absolute atomic E-state index is 13.0. The van der Waals surface area contributed by atoms with Gasteiger partial charge in [0.15, 0.2) is 5.65 Å². The highest BCUT2D eigenvalue weighted by atomic mass is 32.1. The van der Waals surface area contributed by atoms with E-state index in [1.165, 1.54) is 22.1 Å². The molecule has 3 heterocycles. The Balaban J connectivity index is 1.95. The molecule has 0 bridgehead atoms. The summed E-state index contributed by atoms with van der Waals surface area (Å²) >= 11 is 1.52. The molecule has 1 aromatic carbocycles. The van der Waals surface area contributed by atoms with Gasteiger partial charge in [-0.2, -0.15) is 18.3 Å². The van der Waals surface area contributed by atoms with Crippen molar-refractivity contribution in [2.45, 2.75) is 6.18 Å². The van der Waals surface area contributed by atoms with E-state index in [1.807, 2.05) is 23.6 Å². The molecule has 4 rings (SSSR count). The molecule has 0 amide bonds. The van der Waals surface area contributed by atoms with E-state index in [9.17, 15) is 13.2 Å². The van der Waals surface area contributed by atoms with Gasteiger partial charge in [0.05, 0.1) is 16.1 Å². The Kier molecular flexibility index (Phi) is 3.38. The van der Waals surface area contributed by atoms with Crippen LogP contribution in [0.4, 0.5) is 13.2 Å². The van der Waals surface area contributed by atoms with Gasteiger partial charge in [-0.3, -0.25) is 0 Å². The molecule has 3 nitrogen and oxygen atoms in total. The van der Waals surface area contributed by atoms with Gasteiger partial charge in [-0.05, 0) is 41.8 Å². The molecule has 0 radical (unpaired) electrons. The molecule has 0 aliphatic heterocycles. The molecule has 7 heteroatoms. The van der Waals surface area contributed by atoms with Crippen LogP contribution in [0.15, 0.2) is 60.1 Å². The van der Waals surface area contributed by atoms with Crippen molar-refractivity contribution in [3.8, 4) is 16.3 Å². The quantitative estimate of drug-likeness (QED) is 0.502. The lowest BCUT2D eigenvalue weighted by atomic mass is 10.2. The van der Waals surface area contributed by atoms with Gasteiger partial charge in [-0.1, -0.05) is 12.1 Å². The zero-order chi connectivity index (χ0) is 16.7. The van der Waals surface area contributed by atoms with Crippen molar-refractivity contribution < 1.29 is 13.2 Å². The lowest BCUT2D eigenvalue weighted by molar-refractivity contribution is -0.137. The number of pyridine rings is 1. The second kappa shape index (κ2) is 5.45. The second-order valence-corrected chi connectivity index (χ2v) is 6.11. The minimum Gasteiger partial charge on any atom is -0.237 e. The van der Waals surface area contributed by atoms with E-state index >= 15 is 0 Å². The topological polar surface area (TPSA) is 30.7 Å². The highest BCUT2D eigenvalue weighted by molar-refractivity contribution is 7.13. The Morgan fingerprint density at radius 1 is 1.00 bits per heavy atom. The third-order valence-electron chi connectivity index (χ3n) is 3.62. The molecule has 0 spiro atoms. The highest BCUT2D eigenvalue weighted by Gasteiger charge is 2.30. The fourth-order valence-electron chi connectivity index (χ4n) is 2.54. The van der Waals surface area contributed by atoms with Crippen molar-refractivity contribution in [1.29, 1.82) is 0 Å². The predicted molar refractivity (Wildman–Crippen MR) is 87.2 cm³/mol. The van der Waals surface area contributed by atoms with Gasteiger partial charge in [0.25, 0.3) is 0 Å². The van der Waals surface area contributed by atoms with Crippen LogP contribution in [-0.4, -0.2) is 14.8 Å². The van der Waals surface area contributed by atoms with Gasteiger partial charge in [0.1, 0.15) is 5.69 Å². The third-order valence-corrected chi connectivity index (χ3v) is 4.49. The standard InChI is InChI=1S/C17H10F3N3S/c18-17(19,20)11-4-1-5-12(10-11)23-16-13(6-2-8-21-16)15(22-23)14-7-3-9-24-14/h1-10H. The number of fused-ring (bicyclic) bond motifs is 1. The van der Waals surface area contributed by atoms with Crippen molar-refractivity contribution in [2.24, 2.45) is 0 Å². The smallest absolute Gasteiger partial charge is 0.237 e. The van der Waals surface area contributed by atoms with Crippen LogP contribution in [0, 0.1) is 0 Å². The zero-order valence-electron chi connectivity index (χ0n) is 12.2. The number of benzene rings is 1. The molecule has 120 valence electrons. The lowest BCUT2D eigenvalue weighted by Crippen LogP contribution is -2.06. The van der Waals surface area contributed by atoms with Crippen LogP contribution in [0.5, 0.6) is 0 Å². The van der Waals surface area contributed by atoms with Gasteiger partial charge in [-0.25, -0.2) is 9.67 Å². The average Bonchev–Trinajstić information content (AvgIpc) is 3.21. The Labute approximate surface area is 139 Å². The number of rotatable bonds is 2. The summed E-state index contributed by atoms with van der Waals surface area (Å²) in [4.78, 5) is 5.25. The first-order valence-electron chi connectivity index (χ1n) is 7.09. The monoisotopic (exact) mass is 345 g/mol. The Hall–Kier alpha value is -2.67. The molecule has 0 N–H and O–H groups in total. The van der Waals surface area contributed by atoms with Crippen LogP contribution < -0.4 is 0 Å². The average molecular weight is 345 g/mol. The van der Waals surface area contributed by atoms with Crippen molar-refractivity contribution in [1.82, 2.24) is 14.8 Å². The molecule has 0 saturated carbocycles. The van der Waals surface area contributed by atoms with Gasteiger partial charge in [-0.15, -0.1) is 11.3 Å². The summed E-state index contributed by atoms with van der Waals surface area (Å²) in [6.45, 7) is 0. The van der Waals surface area contributed by atoms with Gasteiger partial charge in [0, 0.05) is 11.6 Å². The van der Waals surface area contributed by atoms with E-state index < -0.39 is 11.7 Å². The number of hydrogen-bond donors (Lipinski definition) is 0. The first kappa shape index (κ1) is 14.9. The van der Waals surface area contributed by atoms with Crippen molar-refractivity contribution in [3.05, 3.63) is 65.7 Å². The molecule has 0 atom stereocenters. The molecular weight excluding hydrogens is 335 g/mol. The summed E-state index contributed by atoms with van der Waals surface area (Å²) in [7, 11) is 0. The predicted octanol–water partition coefficient (Wildman–Crippen LogP) is 5.17. The van der Waals surface area contributed by atoms with Crippen LogP contribution >= 0.6 is 11.3 Å². The Morgan fingerprint density at radius 3 is 2.62 bits per heavy atom. The lowest BCUT2D eigenvalue weighted by Gasteiger charge is -2.09. The summed E-state index contributed by atoms with van der Waals surface area (Å²) in [6, 6.07) is 12.6. The number of aromatic nitrogens is 3. The van der Waals surface area contributed by atoms with E-state index in [1.54, 1.807) is 18.3 Å². The minimum absolute atomic E-state index is 0.330. The fourth-order valence-corrected chi connectivity index (χ4v) is 3.26. The van der Waals surface area contributed by atoms with E-state index in [0.29, 0.717) is 17.0 Å². The molecule has 3 aromatic heterocycles. The fraction of sp³-hybridized carbons (Fsp3) is 0.0588. The van der Waals surface area contributed by atoms with Crippen molar-refractivity contribution in [3.63, 3.8) is 0 Å². The largest absolute Gasteiger partial charge is 0.416 e. The maximum atomic E-state index is 13.0. The SMILES string of the molecule is FC(F)(F)c1cccc(-n2nc(-c3cccs3)c3cccnc32)c1. The summed E-state index contributed by atoms with van der Waals surface area (Å²) in [5.74, 6) is 0. The molecule has 4 aromatic rings. The van der Waals surface area contributed by atoms with Crippen molar-refractivity contribution in [2.75, 3.05) is 0 Å². The summed E-state index contributed by atoms with van der Waals surface area (Å²) in [5, 5.41) is 7.26. The number of alkyl halides is 3. The van der Waals surface area contributed by atoms with Crippen molar-refractivity contribution >= 4 is 22.4 Å². The number of halogens is 3. The molecular formula is C17H10F3N3S. The summed E-state index contributed by atoms with van der Waals surface area (Å²) in [6.07, 6.45) is -2.80. The number of thiophene rings is 1. The third kappa shape index (κ3) is 2.46. The first-order chi connectivity index (χ1) is 11.5. The van der Waals surface area contributed by atoms with Gasteiger partial charge < -0.3 is 0 Å². The molecule has 0 fully saturated rings. The van der Waals surface area contributed by atoms with Crippen LogP contribution in [0.3, 0.4) is 0 Å². The molecule has 0 saturated heterocycles. The normalized spacial score (nSPS) is 12.0. The Morgan fingerprint density at radius 2 is 1.88 bits per heavy atom. The molecule has 0 unspecified atom stereocenters. The van der Waals surface area contributed by atoms with E-state index in [2.05, 4.69) is 10.1 Å². The van der Waals surface area contributed by atoms with Crippen LogP contribution in [0.2, 0.25) is 0 Å². The van der Waals surface area contributed by atoms with Gasteiger partial charge in [0.2, 0.25) is 0 Å². The summed E-state index contributed by atoms with van der Waals surface area (Å²) < 4.78 is 40.4. The Bertz CT molecular complexity index is 1000. The van der Waals surface area contributed by atoms with Crippen LogP contribution in [-0.2, 0) is 6.18 Å². The zero-order valence-corrected chi connectivity index (χ0v) is 13.0. The van der Waals surface area contributed by atoms with Crippen LogP contribution in [0.25, 0.3) is 27.3 Å². The minimum atomic E-state index is -4.40. The maximum Gasteiger partial charge on any atom is 0.416 e. The molecule has 0 aliphatic carbocycles. The van der Waals surface area contributed by atoms with E-state index in [-0.39, 0.29) is 0 Å². The highest BCUT2D eigenvalue weighted by Crippen LogP contribution is 2.33. The molecule has 0 aliphatic rings. The number of nitrogens with zero attached hydrogens (tertiary/aromatic N) is 3. The number of hydrogen-bond acceptors (Lipinski definition) is 3. The van der Waals surface area contributed by atoms with Gasteiger partial charge >= 0.3 is 6.18 Å². The second-order valence-electron chi connectivity index (χ2n) is 5.16. The van der Waals surface area contributed by atoms with Crippen LogP contribution in [0.1, 0.15) is 5.56 Å². The first-order valence-corrected chi connectivity index (χ1v) is 7.97. The van der Waals surface area contributed by atoms with E-state index in [0.717, 1.165) is 22.4 Å². The molecule has 24 heavy (non-hydrogen) atoms.